The molecule has 6 heteroatoms. The number of hydrogen-bond donors (Lipinski definition) is 1. The molecule has 1 aromatic carbocycles. The number of likely N-dealkylation sites (tertiary alicyclic amines) is 1. The zero-order valence-corrected chi connectivity index (χ0v) is 15.3. The van der Waals surface area contributed by atoms with Crippen LogP contribution in [-0.2, 0) is 17.8 Å². The second-order valence-electron chi connectivity index (χ2n) is 7.35. The number of amides is 1. The zero-order chi connectivity index (χ0) is 18.1. The van der Waals surface area contributed by atoms with E-state index in [4.69, 9.17) is 9.26 Å². The summed E-state index contributed by atoms with van der Waals surface area (Å²) in [6, 6.07) is 10.7. The fourth-order valence-electron chi connectivity index (χ4n) is 3.98. The maximum Gasteiger partial charge on any atom is 0.254 e. The van der Waals surface area contributed by atoms with E-state index in [0.29, 0.717) is 18.5 Å². The summed E-state index contributed by atoms with van der Waals surface area (Å²) >= 11 is 0. The summed E-state index contributed by atoms with van der Waals surface area (Å²) in [5, 5.41) is 7.13. The van der Waals surface area contributed by atoms with Crippen molar-refractivity contribution in [2.45, 2.75) is 50.7 Å². The Morgan fingerprint density at radius 2 is 2.23 bits per heavy atom. The van der Waals surface area contributed by atoms with Gasteiger partial charge in [-0.15, -0.1) is 0 Å². The van der Waals surface area contributed by atoms with Crippen molar-refractivity contribution in [3.05, 3.63) is 47.2 Å². The highest BCUT2D eigenvalue weighted by Crippen LogP contribution is 2.35. The van der Waals surface area contributed by atoms with Gasteiger partial charge in [-0.2, -0.15) is 0 Å². The smallest absolute Gasteiger partial charge is 0.254 e. The minimum Gasteiger partial charge on any atom is -0.479 e. The highest BCUT2D eigenvalue weighted by atomic mass is 16.5. The number of benzene rings is 1. The molecule has 3 unspecified atom stereocenters. The van der Waals surface area contributed by atoms with Crippen LogP contribution < -0.4 is 10.1 Å². The normalized spacial score (nSPS) is 25.2. The second kappa shape index (κ2) is 7.11. The summed E-state index contributed by atoms with van der Waals surface area (Å²) < 4.78 is 10.4. The van der Waals surface area contributed by atoms with Gasteiger partial charge in [0.25, 0.3) is 5.88 Å². The largest absolute Gasteiger partial charge is 0.479 e. The second-order valence-corrected chi connectivity index (χ2v) is 7.35. The number of carbonyl (C=O) groups is 1. The molecule has 1 amide bonds. The summed E-state index contributed by atoms with van der Waals surface area (Å²) in [5.41, 5.74) is 2.48. The molecule has 0 radical (unpaired) electrons. The lowest BCUT2D eigenvalue weighted by Gasteiger charge is -2.39. The van der Waals surface area contributed by atoms with E-state index >= 15 is 0 Å². The van der Waals surface area contributed by atoms with Crippen molar-refractivity contribution in [3.63, 3.8) is 0 Å². The van der Waals surface area contributed by atoms with Crippen LogP contribution in [0.2, 0.25) is 0 Å². The fraction of sp³-hybridized carbons (Fsp3) is 0.500. The summed E-state index contributed by atoms with van der Waals surface area (Å²) in [5.74, 6) is 1.45. The molecule has 1 aromatic heterocycles. The van der Waals surface area contributed by atoms with Gasteiger partial charge in [0.2, 0.25) is 5.91 Å². The topological polar surface area (TPSA) is 67.6 Å². The molecule has 1 aliphatic heterocycles. The van der Waals surface area contributed by atoms with E-state index in [-0.39, 0.29) is 17.9 Å². The Kier molecular flexibility index (Phi) is 4.68. The van der Waals surface area contributed by atoms with Gasteiger partial charge in [-0.1, -0.05) is 24.3 Å². The molecule has 3 atom stereocenters. The van der Waals surface area contributed by atoms with E-state index in [9.17, 15) is 4.79 Å². The number of hydrogen-bond acceptors (Lipinski definition) is 5. The average Bonchev–Trinajstić information content (AvgIpc) is 3.06. The molecule has 1 fully saturated rings. The highest BCUT2D eigenvalue weighted by molar-refractivity contribution is 5.87. The maximum absolute atomic E-state index is 12.7. The third kappa shape index (κ3) is 3.33. The molecule has 1 N–H and O–H groups in total. The minimum absolute atomic E-state index is 0.0116. The highest BCUT2D eigenvalue weighted by Gasteiger charge is 2.34. The number of methoxy groups -OCH3 is 1. The molecule has 2 heterocycles. The first-order valence-corrected chi connectivity index (χ1v) is 9.26. The molecule has 2 aromatic rings. The third-order valence-electron chi connectivity index (χ3n) is 5.63. The molecule has 138 valence electrons. The van der Waals surface area contributed by atoms with E-state index in [1.54, 1.807) is 7.11 Å². The summed E-state index contributed by atoms with van der Waals surface area (Å²) in [6.45, 7) is 3.72. The number of rotatable bonds is 5. The van der Waals surface area contributed by atoms with Gasteiger partial charge in [-0.3, -0.25) is 9.69 Å². The Morgan fingerprint density at radius 3 is 3.00 bits per heavy atom. The number of fused-ring (bicyclic) bond motifs is 1. The molecule has 0 spiro atoms. The lowest BCUT2D eigenvalue weighted by molar-refractivity contribution is -0.124. The van der Waals surface area contributed by atoms with Gasteiger partial charge < -0.3 is 14.6 Å². The van der Waals surface area contributed by atoms with E-state index in [1.165, 1.54) is 11.1 Å². The molecule has 26 heavy (non-hydrogen) atoms. The summed E-state index contributed by atoms with van der Waals surface area (Å²) in [4.78, 5) is 15.0. The lowest BCUT2D eigenvalue weighted by atomic mass is 9.77. The molecule has 1 saturated heterocycles. The van der Waals surface area contributed by atoms with Crippen LogP contribution >= 0.6 is 0 Å². The standard InChI is InChI=1S/C20H25N3O3/c1-13-7-8-15(11-23(13)12-16-10-19(25-2)22-26-16)21-20(24)18-9-14-5-3-4-6-17(14)18/h3-6,10,13,15,18H,7-9,11-12H2,1-2H3,(H,21,24). The minimum atomic E-state index is 0.0116. The van der Waals surface area contributed by atoms with Gasteiger partial charge in [0, 0.05) is 24.7 Å². The van der Waals surface area contributed by atoms with E-state index < -0.39 is 0 Å². The van der Waals surface area contributed by atoms with E-state index in [0.717, 1.165) is 31.6 Å². The van der Waals surface area contributed by atoms with Gasteiger partial charge in [0.1, 0.15) is 0 Å². The molecular formula is C20H25N3O3. The molecule has 1 aliphatic carbocycles. The van der Waals surface area contributed by atoms with Crippen LogP contribution in [0.15, 0.2) is 34.9 Å². The van der Waals surface area contributed by atoms with Crippen LogP contribution in [0.3, 0.4) is 0 Å². The van der Waals surface area contributed by atoms with Crippen molar-refractivity contribution < 1.29 is 14.1 Å². The first kappa shape index (κ1) is 17.1. The van der Waals surface area contributed by atoms with Crippen LogP contribution in [-0.4, -0.2) is 41.7 Å². The lowest BCUT2D eigenvalue weighted by Crippen LogP contribution is -2.52. The number of piperidine rings is 1. The number of aromatic nitrogens is 1. The Labute approximate surface area is 153 Å². The van der Waals surface area contributed by atoms with Crippen LogP contribution in [0.5, 0.6) is 5.88 Å². The predicted molar refractivity (Wildman–Crippen MR) is 97.0 cm³/mol. The van der Waals surface area contributed by atoms with Gasteiger partial charge in [-0.05, 0) is 42.5 Å². The van der Waals surface area contributed by atoms with Crippen molar-refractivity contribution >= 4 is 5.91 Å². The number of nitrogens with one attached hydrogen (secondary N) is 1. The van der Waals surface area contributed by atoms with Gasteiger partial charge in [0.05, 0.1) is 19.6 Å². The Hall–Kier alpha value is -2.34. The van der Waals surface area contributed by atoms with Crippen LogP contribution in [0.25, 0.3) is 0 Å². The molecule has 6 nitrogen and oxygen atoms in total. The quantitative estimate of drug-likeness (QED) is 0.892. The molecule has 0 bridgehead atoms. The third-order valence-corrected chi connectivity index (χ3v) is 5.63. The molecule has 2 aliphatic rings. The van der Waals surface area contributed by atoms with Crippen molar-refractivity contribution in [3.8, 4) is 5.88 Å². The average molecular weight is 355 g/mol. The first-order chi connectivity index (χ1) is 12.6. The fourth-order valence-corrected chi connectivity index (χ4v) is 3.98. The molecule has 0 saturated carbocycles. The van der Waals surface area contributed by atoms with Crippen molar-refractivity contribution in [1.82, 2.24) is 15.4 Å². The van der Waals surface area contributed by atoms with Crippen molar-refractivity contribution in [2.24, 2.45) is 0 Å². The van der Waals surface area contributed by atoms with Gasteiger partial charge >= 0.3 is 0 Å². The monoisotopic (exact) mass is 355 g/mol. The summed E-state index contributed by atoms with van der Waals surface area (Å²) in [6.07, 6.45) is 2.92. The zero-order valence-electron chi connectivity index (χ0n) is 15.3. The SMILES string of the molecule is COc1cc(CN2CC(NC(=O)C3Cc4ccccc43)CCC2C)on1. The van der Waals surface area contributed by atoms with Crippen LogP contribution in [0, 0.1) is 0 Å². The molecule has 4 rings (SSSR count). The van der Waals surface area contributed by atoms with Crippen molar-refractivity contribution in [2.75, 3.05) is 13.7 Å². The maximum atomic E-state index is 12.7. The Balaban J connectivity index is 1.35. The first-order valence-electron chi connectivity index (χ1n) is 9.26. The predicted octanol–water partition coefficient (Wildman–Crippen LogP) is 2.49. The van der Waals surface area contributed by atoms with Crippen LogP contribution in [0.1, 0.15) is 42.6 Å². The van der Waals surface area contributed by atoms with Crippen LogP contribution in [0.4, 0.5) is 0 Å². The molecular weight excluding hydrogens is 330 g/mol. The number of carbonyl (C=O) groups excluding carboxylic acids is 1. The van der Waals surface area contributed by atoms with Crippen molar-refractivity contribution in [1.29, 1.82) is 0 Å². The van der Waals surface area contributed by atoms with E-state index in [2.05, 4.69) is 34.4 Å². The number of ether oxygens (including phenoxy) is 1. The van der Waals surface area contributed by atoms with E-state index in [1.807, 2.05) is 18.2 Å². The Morgan fingerprint density at radius 1 is 1.38 bits per heavy atom. The summed E-state index contributed by atoms with van der Waals surface area (Å²) in [7, 11) is 1.58. The number of nitrogens with zero attached hydrogens (tertiary/aromatic N) is 2. The van der Waals surface area contributed by atoms with Gasteiger partial charge in [-0.25, -0.2) is 0 Å². The Bertz CT molecular complexity index is 788. The van der Waals surface area contributed by atoms with Gasteiger partial charge in [0.15, 0.2) is 5.76 Å².